The van der Waals surface area contributed by atoms with Crippen molar-refractivity contribution in [2.24, 2.45) is 0 Å². The molecule has 0 aromatic heterocycles. The normalized spacial score (nSPS) is 16.3. The van der Waals surface area contributed by atoms with E-state index in [0.29, 0.717) is 16.3 Å². The van der Waals surface area contributed by atoms with Gasteiger partial charge in [-0.15, -0.1) is 0 Å². The molecule has 1 unspecified atom stereocenters. The molecule has 24 heavy (non-hydrogen) atoms. The van der Waals surface area contributed by atoms with Crippen LogP contribution in [-0.4, -0.2) is 19.1 Å². The number of hydrogen-bond donors (Lipinski definition) is 1. The molecule has 1 fully saturated rings. The van der Waals surface area contributed by atoms with E-state index in [4.69, 9.17) is 16.3 Å². The molecule has 0 spiro atoms. The highest BCUT2D eigenvalue weighted by Gasteiger charge is 2.49. The smallest absolute Gasteiger partial charge is 0.255 e. The summed E-state index contributed by atoms with van der Waals surface area (Å²) in [6.07, 6.45) is 2.14. The summed E-state index contributed by atoms with van der Waals surface area (Å²) in [4.78, 5) is 12.7. The Balaban J connectivity index is 1.80. The standard InChI is InChI=1S/C19H19BrClNO2/c1-12(19(9-10-19)13-3-5-14(20)6-4-13)22-18(23)16-11-15(21)7-8-17(16)24-2/h3-8,11-12H,9-10H2,1-2H3,(H,22,23). The molecule has 2 aromatic carbocycles. The van der Waals surface area contributed by atoms with Crippen LogP contribution < -0.4 is 10.1 Å². The molecule has 0 saturated heterocycles. The number of benzene rings is 2. The zero-order chi connectivity index (χ0) is 17.3. The second-order valence-electron chi connectivity index (χ2n) is 6.20. The van der Waals surface area contributed by atoms with E-state index in [1.54, 1.807) is 25.3 Å². The molecule has 3 nitrogen and oxygen atoms in total. The highest BCUT2D eigenvalue weighted by atomic mass is 79.9. The van der Waals surface area contributed by atoms with Crippen LogP contribution in [0.3, 0.4) is 0 Å². The van der Waals surface area contributed by atoms with Crippen molar-refractivity contribution < 1.29 is 9.53 Å². The van der Waals surface area contributed by atoms with Crippen LogP contribution in [0.5, 0.6) is 5.75 Å². The van der Waals surface area contributed by atoms with Crippen LogP contribution in [0.15, 0.2) is 46.9 Å². The second-order valence-corrected chi connectivity index (χ2v) is 7.55. The highest BCUT2D eigenvalue weighted by molar-refractivity contribution is 9.10. The number of rotatable bonds is 5. The van der Waals surface area contributed by atoms with Crippen molar-refractivity contribution >= 4 is 33.4 Å². The van der Waals surface area contributed by atoms with E-state index >= 15 is 0 Å². The first-order valence-corrected chi connectivity index (χ1v) is 9.04. The summed E-state index contributed by atoms with van der Waals surface area (Å²) < 4.78 is 6.34. The van der Waals surface area contributed by atoms with Gasteiger partial charge in [-0.3, -0.25) is 4.79 Å². The van der Waals surface area contributed by atoms with Gasteiger partial charge in [0.25, 0.3) is 5.91 Å². The summed E-state index contributed by atoms with van der Waals surface area (Å²) in [5, 5.41) is 3.64. The van der Waals surface area contributed by atoms with E-state index in [-0.39, 0.29) is 17.4 Å². The fourth-order valence-corrected chi connectivity index (χ4v) is 3.59. The Morgan fingerprint density at radius 3 is 2.50 bits per heavy atom. The van der Waals surface area contributed by atoms with Crippen LogP contribution in [0.25, 0.3) is 0 Å². The average molecular weight is 409 g/mol. The Hall–Kier alpha value is -1.52. The minimum absolute atomic E-state index is 0.0160. The SMILES string of the molecule is COc1ccc(Cl)cc1C(=O)NC(C)C1(c2ccc(Br)cc2)CC1. The number of hydrogen-bond acceptors (Lipinski definition) is 2. The third-order valence-electron chi connectivity index (χ3n) is 4.79. The van der Waals surface area contributed by atoms with Gasteiger partial charge in [-0.2, -0.15) is 0 Å². The molecule has 0 bridgehead atoms. The van der Waals surface area contributed by atoms with Crippen molar-refractivity contribution in [3.05, 3.63) is 63.1 Å². The summed E-state index contributed by atoms with van der Waals surface area (Å²) in [6, 6.07) is 13.4. The molecular formula is C19H19BrClNO2. The average Bonchev–Trinajstić information content (AvgIpc) is 3.37. The first-order valence-electron chi connectivity index (χ1n) is 7.87. The fraction of sp³-hybridized carbons (Fsp3) is 0.316. The number of carbonyl (C=O) groups excluding carboxylic acids is 1. The van der Waals surface area contributed by atoms with Crippen molar-refractivity contribution in [3.63, 3.8) is 0 Å². The van der Waals surface area contributed by atoms with Crippen LogP contribution >= 0.6 is 27.5 Å². The molecule has 1 N–H and O–H groups in total. The first-order chi connectivity index (χ1) is 11.5. The Bertz CT molecular complexity index is 756. The van der Waals surface area contributed by atoms with Crippen LogP contribution in [0.1, 0.15) is 35.7 Å². The number of nitrogens with one attached hydrogen (secondary N) is 1. The molecule has 1 saturated carbocycles. The lowest BCUT2D eigenvalue weighted by Gasteiger charge is -2.25. The summed E-state index contributed by atoms with van der Waals surface area (Å²) in [6.45, 7) is 2.06. The summed E-state index contributed by atoms with van der Waals surface area (Å²) in [7, 11) is 1.55. The molecule has 1 aliphatic rings. The van der Waals surface area contributed by atoms with E-state index < -0.39 is 0 Å². The van der Waals surface area contributed by atoms with Crippen LogP contribution in [-0.2, 0) is 5.41 Å². The lowest BCUT2D eigenvalue weighted by Crippen LogP contribution is -2.41. The third kappa shape index (κ3) is 3.31. The first kappa shape index (κ1) is 17.3. The molecule has 5 heteroatoms. The van der Waals surface area contributed by atoms with Gasteiger partial charge >= 0.3 is 0 Å². The zero-order valence-corrected chi connectivity index (χ0v) is 15.9. The van der Waals surface area contributed by atoms with E-state index in [0.717, 1.165) is 17.3 Å². The maximum absolute atomic E-state index is 12.7. The predicted octanol–water partition coefficient (Wildman–Crippen LogP) is 4.96. The molecular weight excluding hydrogens is 390 g/mol. The van der Waals surface area contributed by atoms with Crippen molar-refractivity contribution in [2.45, 2.75) is 31.2 Å². The number of carbonyl (C=O) groups is 1. The Kier molecular flexibility index (Phi) is 4.88. The molecule has 1 atom stereocenters. The molecule has 2 aromatic rings. The predicted molar refractivity (Wildman–Crippen MR) is 100.0 cm³/mol. The van der Waals surface area contributed by atoms with Crippen LogP contribution in [0, 0.1) is 0 Å². The Morgan fingerprint density at radius 2 is 1.92 bits per heavy atom. The molecule has 0 aliphatic heterocycles. The molecule has 0 heterocycles. The maximum Gasteiger partial charge on any atom is 0.255 e. The minimum atomic E-state index is -0.162. The van der Waals surface area contributed by atoms with Gasteiger partial charge in [-0.05, 0) is 55.7 Å². The van der Waals surface area contributed by atoms with Crippen LogP contribution in [0.2, 0.25) is 5.02 Å². The van der Waals surface area contributed by atoms with Crippen LogP contribution in [0.4, 0.5) is 0 Å². The molecule has 0 radical (unpaired) electrons. The van der Waals surface area contributed by atoms with Gasteiger partial charge in [0.2, 0.25) is 0 Å². The van der Waals surface area contributed by atoms with Gasteiger partial charge in [-0.1, -0.05) is 39.7 Å². The van der Waals surface area contributed by atoms with Crippen molar-refractivity contribution in [2.75, 3.05) is 7.11 Å². The van der Waals surface area contributed by atoms with E-state index in [1.807, 2.05) is 12.1 Å². The van der Waals surface area contributed by atoms with E-state index in [9.17, 15) is 4.79 Å². The summed E-state index contributed by atoms with van der Waals surface area (Å²) >= 11 is 9.49. The van der Waals surface area contributed by atoms with Gasteiger partial charge in [0.15, 0.2) is 0 Å². The molecule has 126 valence electrons. The van der Waals surface area contributed by atoms with Crippen molar-refractivity contribution in [3.8, 4) is 5.75 Å². The summed E-state index contributed by atoms with van der Waals surface area (Å²) in [5.74, 6) is 0.364. The third-order valence-corrected chi connectivity index (χ3v) is 5.55. The lowest BCUT2D eigenvalue weighted by molar-refractivity contribution is 0.0929. The largest absolute Gasteiger partial charge is 0.496 e. The minimum Gasteiger partial charge on any atom is -0.496 e. The number of halogens is 2. The molecule has 3 rings (SSSR count). The van der Waals surface area contributed by atoms with E-state index in [2.05, 4.69) is 40.3 Å². The van der Waals surface area contributed by atoms with Gasteiger partial charge in [-0.25, -0.2) is 0 Å². The zero-order valence-electron chi connectivity index (χ0n) is 13.6. The molecule has 1 amide bonds. The number of ether oxygens (including phenoxy) is 1. The second kappa shape index (κ2) is 6.77. The van der Waals surface area contributed by atoms with Gasteiger partial charge in [0, 0.05) is 21.0 Å². The fourth-order valence-electron chi connectivity index (χ4n) is 3.16. The molecule has 1 aliphatic carbocycles. The number of methoxy groups -OCH3 is 1. The Morgan fingerprint density at radius 1 is 1.25 bits per heavy atom. The quantitative estimate of drug-likeness (QED) is 0.759. The maximum atomic E-state index is 12.7. The van der Waals surface area contributed by atoms with Gasteiger partial charge < -0.3 is 10.1 Å². The monoisotopic (exact) mass is 407 g/mol. The van der Waals surface area contributed by atoms with Gasteiger partial charge in [0.1, 0.15) is 5.75 Å². The number of amides is 1. The van der Waals surface area contributed by atoms with Crippen molar-refractivity contribution in [1.82, 2.24) is 5.32 Å². The Labute approximate surface area is 155 Å². The van der Waals surface area contributed by atoms with Crippen molar-refractivity contribution in [1.29, 1.82) is 0 Å². The highest BCUT2D eigenvalue weighted by Crippen LogP contribution is 2.51. The topological polar surface area (TPSA) is 38.3 Å². The van der Waals surface area contributed by atoms with Gasteiger partial charge in [0.05, 0.1) is 12.7 Å². The summed E-state index contributed by atoms with van der Waals surface area (Å²) in [5.41, 5.74) is 1.74. The lowest BCUT2D eigenvalue weighted by atomic mass is 9.89. The van der Waals surface area contributed by atoms with E-state index in [1.165, 1.54) is 5.56 Å².